The highest BCUT2D eigenvalue weighted by Crippen LogP contribution is 2.20. The van der Waals surface area contributed by atoms with Crippen LogP contribution in [0.5, 0.6) is 0 Å². The van der Waals surface area contributed by atoms with E-state index in [1.54, 1.807) is 0 Å². The van der Waals surface area contributed by atoms with Crippen molar-refractivity contribution in [1.82, 2.24) is 0 Å². The van der Waals surface area contributed by atoms with E-state index in [1.165, 1.54) is 135 Å². The number of esters is 1. The van der Waals surface area contributed by atoms with E-state index in [-0.39, 0.29) is 5.97 Å². The highest BCUT2D eigenvalue weighted by atomic mass is 16.6. The molecule has 0 spiro atoms. The number of carbonyl (C=O) groups excluding carboxylic acids is 1. The Labute approximate surface area is 274 Å². The van der Waals surface area contributed by atoms with Crippen LogP contribution in [0, 0.1) is 5.92 Å². The van der Waals surface area contributed by atoms with E-state index < -0.39 is 0 Å². The maximum absolute atomic E-state index is 12.3. The van der Waals surface area contributed by atoms with Gasteiger partial charge in [0.2, 0.25) is 0 Å². The Hall–Kier alpha value is -0.690. The van der Waals surface area contributed by atoms with Crippen LogP contribution in [-0.2, 0) is 28.5 Å². The number of unbranched alkanes of at least 4 members (excludes halogenated alkanes) is 17. The van der Waals surface area contributed by atoms with E-state index >= 15 is 0 Å². The second-order valence-electron chi connectivity index (χ2n) is 12.7. The van der Waals surface area contributed by atoms with Crippen molar-refractivity contribution in [3.05, 3.63) is 0 Å². The van der Waals surface area contributed by atoms with Gasteiger partial charge in [-0.1, -0.05) is 143 Å². The molecule has 1 unspecified atom stereocenters. The minimum atomic E-state index is -0.0871. The summed E-state index contributed by atoms with van der Waals surface area (Å²) in [5.74, 6) is 0.428. The molecule has 0 N–H and O–H groups in total. The Morgan fingerprint density at radius 3 is 1.20 bits per heavy atom. The Morgan fingerprint density at radius 1 is 0.409 bits per heavy atom. The summed E-state index contributed by atoms with van der Waals surface area (Å²) in [4.78, 5) is 12.3. The molecule has 264 valence electrons. The summed E-state index contributed by atoms with van der Waals surface area (Å²) in [7, 11) is 0. The Bertz CT molecular complexity index is 543. The SMILES string of the molecule is CCCCCCCCCCCCOCCOCCOCCOCCCC(=O)OCC(CCCCCC)CCCCCCCC. The molecule has 6 nitrogen and oxygen atoms in total. The molecule has 0 aliphatic heterocycles. The van der Waals surface area contributed by atoms with Crippen molar-refractivity contribution in [2.24, 2.45) is 5.92 Å². The van der Waals surface area contributed by atoms with E-state index in [9.17, 15) is 4.79 Å². The lowest BCUT2D eigenvalue weighted by atomic mass is 9.95. The van der Waals surface area contributed by atoms with Gasteiger partial charge in [0.15, 0.2) is 0 Å². The summed E-state index contributed by atoms with van der Waals surface area (Å²) < 4.78 is 28.1. The zero-order chi connectivity index (χ0) is 32.0. The maximum atomic E-state index is 12.3. The van der Waals surface area contributed by atoms with Crippen LogP contribution >= 0.6 is 0 Å². The first-order valence-corrected chi connectivity index (χ1v) is 19.2. The molecule has 0 aromatic carbocycles. The molecule has 0 aromatic heterocycles. The molecule has 0 saturated carbocycles. The molecule has 0 radical (unpaired) electrons. The number of carbonyl (C=O) groups is 1. The third-order valence-electron chi connectivity index (χ3n) is 8.34. The smallest absolute Gasteiger partial charge is 0.305 e. The van der Waals surface area contributed by atoms with Crippen molar-refractivity contribution in [2.75, 3.05) is 59.5 Å². The van der Waals surface area contributed by atoms with E-state index in [4.69, 9.17) is 23.7 Å². The van der Waals surface area contributed by atoms with Gasteiger partial charge in [0.1, 0.15) is 0 Å². The summed E-state index contributed by atoms with van der Waals surface area (Å²) in [5.41, 5.74) is 0. The highest BCUT2D eigenvalue weighted by Gasteiger charge is 2.12. The monoisotopic (exact) mass is 629 g/mol. The average molecular weight is 629 g/mol. The lowest BCUT2D eigenvalue weighted by Crippen LogP contribution is -2.15. The second-order valence-corrected chi connectivity index (χ2v) is 12.7. The van der Waals surface area contributed by atoms with Gasteiger partial charge in [0.25, 0.3) is 0 Å². The Morgan fingerprint density at radius 2 is 0.750 bits per heavy atom. The van der Waals surface area contributed by atoms with E-state index in [0.29, 0.717) is 71.6 Å². The first-order chi connectivity index (χ1) is 21.7. The summed E-state index contributed by atoms with van der Waals surface area (Å²) >= 11 is 0. The fraction of sp³-hybridized carbons (Fsp3) is 0.974. The van der Waals surface area contributed by atoms with Crippen LogP contribution in [0.15, 0.2) is 0 Å². The van der Waals surface area contributed by atoms with Gasteiger partial charge >= 0.3 is 5.97 Å². The molecule has 0 amide bonds. The molecule has 6 heteroatoms. The number of rotatable bonds is 38. The van der Waals surface area contributed by atoms with Gasteiger partial charge in [0.05, 0.1) is 46.2 Å². The topological polar surface area (TPSA) is 63.2 Å². The van der Waals surface area contributed by atoms with Crippen LogP contribution in [0.1, 0.15) is 175 Å². The molecule has 0 heterocycles. The second kappa shape index (κ2) is 38.5. The maximum Gasteiger partial charge on any atom is 0.305 e. The summed E-state index contributed by atoms with van der Waals surface area (Å²) in [6.45, 7) is 12.3. The van der Waals surface area contributed by atoms with Crippen LogP contribution in [0.25, 0.3) is 0 Å². The van der Waals surface area contributed by atoms with Crippen molar-refractivity contribution in [3.8, 4) is 0 Å². The van der Waals surface area contributed by atoms with Crippen molar-refractivity contribution < 1.29 is 28.5 Å². The number of hydrogen-bond donors (Lipinski definition) is 0. The van der Waals surface area contributed by atoms with Crippen molar-refractivity contribution in [3.63, 3.8) is 0 Å². The first-order valence-electron chi connectivity index (χ1n) is 19.2. The van der Waals surface area contributed by atoms with Crippen LogP contribution in [0.2, 0.25) is 0 Å². The fourth-order valence-corrected chi connectivity index (χ4v) is 5.44. The molecule has 1 atom stereocenters. The first kappa shape index (κ1) is 43.3. The van der Waals surface area contributed by atoms with Crippen LogP contribution in [-0.4, -0.2) is 65.4 Å². The fourth-order valence-electron chi connectivity index (χ4n) is 5.44. The van der Waals surface area contributed by atoms with Gasteiger partial charge in [-0.15, -0.1) is 0 Å². The third-order valence-corrected chi connectivity index (χ3v) is 8.34. The predicted octanol–water partition coefficient (Wildman–Crippen LogP) is 10.6. The molecular weight excluding hydrogens is 552 g/mol. The van der Waals surface area contributed by atoms with Crippen LogP contribution in [0.4, 0.5) is 0 Å². The van der Waals surface area contributed by atoms with Crippen LogP contribution in [0.3, 0.4) is 0 Å². The van der Waals surface area contributed by atoms with Gasteiger partial charge in [0, 0.05) is 19.6 Å². The zero-order valence-electron chi connectivity index (χ0n) is 29.9. The van der Waals surface area contributed by atoms with Crippen molar-refractivity contribution in [2.45, 2.75) is 175 Å². The molecule has 0 aromatic rings. The summed E-state index contributed by atoms with van der Waals surface area (Å²) in [6, 6.07) is 0. The predicted molar refractivity (Wildman–Crippen MR) is 186 cm³/mol. The van der Waals surface area contributed by atoms with Crippen molar-refractivity contribution in [1.29, 1.82) is 0 Å². The number of hydrogen-bond acceptors (Lipinski definition) is 6. The van der Waals surface area contributed by atoms with Gasteiger partial charge in [-0.3, -0.25) is 4.79 Å². The third kappa shape index (κ3) is 35.8. The minimum absolute atomic E-state index is 0.0871. The molecule has 44 heavy (non-hydrogen) atoms. The average Bonchev–Trinajstić information content (AvgIpc) is 3.03. The summed E-state index contributed by atoms with van der Waals surface area (Å²) in [6.07, 6.45) is 30.0. The zero-order valence-corrected chi connectivity index (χ0v) is 29.9. The lowest BCUT2D eigenvalue weighted by Gasteiger charge is -2.17. The molecule has 0 fully saturated rings. The minimum Gasteiger partial charge on any atom is -0.465 e. The van der Waals surface area contributed by atoms with E-state index in [2.05, 4.69) is 20.8 Å². The van der Waals surface area contributed by atoms with Gasteiger partial charge in [-0.2, -0.15) is 0 Å². The largest absolute Gasteiger partial charge is 0.465 e. The molecular formula is C38H76O6. The molecule has 0 bridgehead atoms. The van der Waals surface area contributed by atoms with Crippen LogP contribution < -0.4 is 0 Å². The molecule has 0 aliphatic carbocycles. The molecule has 0 rings (SSSR count). The Kier molecular flexibility index (Phi) is 37.9. The highest BCUT2D eigenvalue weighted by molar-refractivity contribution is 5.69. The van der Waals surface area contributed by atoms with Gasteiger partial charge in [-0.25, -0.2) is 0 Å². The quantitative estimate of drug-likeness (QED) is 0.0501. The summed E-state index contributed by atoms with van der Waals surface area (Å²) in [5, 5.41) is 0. The van der Waals surface area contributed by atoms with E-state index in [0.717, 1.165) is 13.0 Å². The molecule has 0 saturated heterocycles. The lowest BCUT2D eigenvalue weighted by molar-refractivity contribution is -0.145. The standard InChI is InChI=1S/C38H76O6/c1-4-7-10-13-15-16-17-18-20-23-28-40-30-32-42-34-35-43-33-31-41-29-24-27-38(39)44-36-37(25-21-12-9-6-3)26-22-19-14-11-8-5-2/h37H,4-36H2,1-3H3. The molecule has 0 aliphatic rings. The number of ether oxygens (including phenoxy) is 5. The van der Waals surface area contributed by atoms with Crippen molar-refractivity contribution >= 4 is 5.97 Å². The van der Waals surface area contributed by atoms with Gasteiger partial charge < -0.3 is 23.7 Å². The van der Waals surface area contributed by atoms with Gasteiger partial charge in [-0.05, 0) is 31.6 Å². The normalized spacial score (nSPS) is 12.2. The Balaban J connectivity index is 3.49. The van der Waals surface area contributed by atoms with E-state index in [1.807, 2.05) is 0 Å².